The summed E-state index contributed by atoms with van der Waals surface area (Å²) < 4.78 is 18.0. The average Bonchev–Trinajstić information content (AvgIpc) is 3.77. The minimum absolute atomic E-state index is 0.0500. The minimum Gasteiger partial charge on any atom is -0.492 e. The maximum Gasteiger partial charge on any atom is 0.323 e. The van der Waals surface area contributed by atoms with Gasteiger partial charge in [0.25, 0.3) is 23.8 Å². The van der Waals surface area contributed by atoms with Gasteiger partial charge in [0.1, 0.15) is 23.4 Å². The van der Waals surface area contributed by atoms with Crippen molar-refractivity contribution in [2.45, 2.75) is 57.1 Å². The van der Waals surface area contributed by atoms with Gasteiger partial charge in [-0.2, -0.15) is 4.98 Å². The number of anilines is 3. The number of aryl methyl sites for hydroxylation is 1. The molecule has 21 heteroatoms. The Kier molecular flexibility index (Phi) is 12.3. The lowest BCUT2D eigenvalue weighted by Gasteiger charge is -2.38. The number of halogens is 1. The molecule has 5 amide bonds. The van der Waals surface area contributed by atoms with Gasteiger partial charge in [-0.25, -0.2) is 4.98 Å². The highest BCUT2D eigenvalue weighted by Crippen LogP contribution is 2.32. The fourth-order valence-electron chi connectivity index (χ4n) is 8.53. The summed E-state index contributed by atoms with van der Waals surface area (Å²) in [7, 11) is 3.41. The van der Waals surface area contributed by atoms with Crippen molar-refractivity contribution in [3.63, 3.8) is 0 Å². The largest absolute Gasteiger partial charge is 0.492 e. The van der Waals surface area contributed by atoms with Crippen molar-refractivity contribution in [1.82, 2.24) is 39.9 Å². The van der Waals surface area contributed by atoms with Crippen LogP contribution in [0.1, 0.15) is 46.9 Å². The number of aromatic nitrogens is 3. The number of imide groups is 2. The molecule has 2 aromatic heterocycles. The zero-order valence-corrected chi connectivity index (χ0v) is 35.4. The SMILES string of the molecule is CCn1c(=O)c(OC(OC=O)C(=O)NC)cc2cc(Nc3nc(N4CCN([C@@H]5C[C@@H](COc6ccc7c(c6)C(=O)N(C6CCC(=O)NC6=O)C7=O)N(C)C5)CC4)ncc3Cl)ccc21. The van der Waals surface area contributed by atoms with Gasteiger partial charge < -0.3 is 34.3 Å². The Morgan fingerprint density at radius 1 is 1.03 bits per heavy atom. The van der Waals surface area contributed by atoms with Crippen LogP contribution >= 0.6 is 11.6 Å². The van der Waals surface area contributed by atoms with Crippen molar-refractivity contribution >= 4 is 76.0 Å². The molecular weight excluding hydrogens is 840 g/mol. The molecule has 6 heterocycles. The second-order valence-electron chi connectivity index (χ2n) is 15.6. The molecule has 4 aliphatic rings. The first-order valence-corrected chi connectivity index (χ1v) is 20.9. The summed E-state index contributed by atoms with van der Waals surface area (Å²) in [6.45, 7) is 6.30. The van der Waals surface area contributed by atoms with Crippen molar-refractivity contribution in [2.24, 2.45) is 0 Å². The Labute approximate surface area is 365 Å². The van der Waals surface area contributed by atoms with Crippen molar-refractivity contribution in [2.75, 3.05) is 63.6 Å². The molecule has 8 rings (SSSR count). The number of hydrogen-bond donors (Lipinski definition) is 3. The summed E-state index contributed by atoms with van der Waals surface area (Å²) in [5.41, 5.74) is 1.10. The maximum atomic E-state index is 13.3. The lowest BCUT2D eigenvalue weighted by atomic mass is 10.0. The van der Waals surface area contributed by atoms with Gasteiger partial charge >= 0.3 is 12.2 Å². The zero-order chi connectivity index (χ0) is 44.5. The van der Waals surface area contributed by atoms with Crippen molar-refractivity contribution in [3.8, 4) is 11.5 Å². The number of rotatable bonds is 14. The molecule has 0 bridgehead atoms. The van der Waals surface area contributed by atoms with Crippen LogP contribution in [0.2, 0.25) is 5.02 Å². The number of carbonyl (C=O) groups excluding carboxylic acids is 6. The first kappa shape index (κ1) is 43.0. The summed E-state index contributed by atoms with van der Waals surface area (Å²) in [6.07, 6.45) is 0.894. The molecule has 0 radical (unpaired) electrons. The van der Waals surface area contributed by atoms with Crippen LogP contribution in [0.25, 0.3) is 10.9 Å². The van der Waals surface area contributed by atoms with Crippen LogP contribution in [0.3, 0.4) is 0 Å². The summed E-state index contributed by atoms with van der Waals surface area (Å²) in [5.74, 6) is -1.80. The van der Waals surface area contributed by atoms with E-state index in [1.54, 1.807) is 49.5 Å². The van der Waals surface area contributed by atoms with Crippen LogP contribution in [0.15, 0.2) is 53.5 Å². The molecule has 3 saturated heterocycles. The monoisotopic (exact) mass is 884 g/mol. The highest BCUT2D eigenvalue weighted by atomic mass is 35.5. The molecule has 63 heavy (non-hydrogen) atoms. The summed E-state index contributed by atoms with van der Waals surface area (Å²) in [5, 5.41) is 8.72. The molecule has 0 spiro atoms. The predicted molar refractivity (Wildman–Crippen MR) is 227 cm³/mol. The summed E-state index contributed by atoms with van der Waals surface area (Å²) >= 11 is 6.58. The number of likely N-dealkylation sites (N-methyl/N-ethyl adjacent to an activating group) is 2. The van der Waals surface area contributed by atoms with E-state index in [2.05, 4.69) is 42.7 Å². The van der Waals surface area contributed by atoms with E-state index in [0.717, 1.165) is 31.0 Å². The number of piperazine rings is 1. The third-order valence-corrected chi connectivity index (χ3v) is 12.2. The number of nitrogens with zero attached hydrogens (tertiary/aromatic N) is 7. The Morgan fingerprint density at radius 2 is 1.81 bits per heavy atom. The summed E-state index contributed by atoms with van der Waals surface area (Å²) in [6, 6.07) is 10.9. The fourth-order valence-corrected chi connectivity index (χ4v) is 8.67. The smallest absolute Gasteiger partial charge is 0.323 e. The number of pyridine rings is 1. The maximum absolute atomic E-state index is 13.3. The zero-order valence-electron chi connectivity index (χ0n) is 34.7. The van der Waals surface area contributed by atoms with Gasteiger partial charge in [-0.05, 0) is 69.3 Å². The molecule has 20 nitrogen and oxygen atoms in total. The molecule has 4 aromatic rings. The van der Waals surface area contributed by atoms with Crippen LogP contribution in [0.5, 0.6) is 11.5 Å². The van der Waals surface area contributed by atoms with Gasteiger partial charge in [-0.3, -0.25) is 53.6 Å². The van der Waals surface area contributed by atoms with E-state index >= 15 is 0 Å². The molecule has 0 saturated carbocycles. The third-order valence-electron chi connectivity index (χ3n) is 11.9. The molecule has 3 N–H and O–H groups in total. The quantitative estimate of drug-likeness (QED) is 0.0927. The van der Waals surface area contributed by atoms with Crippen LogP contribution in [-0.4, -0.2) is 143 Å². The van der Waals surface area contributed by atoms with E-state index in [1.807, 2.05) is 0 Å². The van der Waals surface area contributed by atoms with Crippen molar-refractivity contribution in [1.29, 1.82) is 0 Å². The highest BCUT2D eigenvalue weighted by molar-refractivity contribution is 6.33. The molecule has 330 valence electrons. The Morgan fingerprint density at radius 3 is 2.54 bits per heavy atom. The fraction of sp³-hybridized carbons (Fsp3) is 0.405. The van der Waals surface area contributed by atoms with Crippen LogP contribution in [0, 0.1) is 0 Å². The normalized spacial score (nSPS) is 21.0. The lowest BCUT2D eigenvalue weighted by molar-refractivity contribution is -0.161. The average molecular weight is 885 g/mol. The predicted octanol–water partition coefficient (Wildman–Crippen LogP) is 1.51. The van der Waals surface area contributed by atoms with Gasteiger partial charge in [0.2, 0.25) is 17.8 Å². The standard InChI is InChI=1S/C42H45ClN10O10/c1-4-52-31-8-5-24(15-23(31)16-33(40(52)60)63-41(62-22-54)37(57)44-2)46-35-30(43)19-45-42(48-35)51-13-11-50(12-14-51)25-17-26(49(3)20-25)21-61-27-6-7-28-29(18-27)39(59)53(38(28)58)32-9-10-34(55)47-36(32)56/h5-8,15-16,18-19,22,25-26,32,41H,4,9-14,17,20-21H2,1-3H3,(H,44,57)(H,45,46,48)(H,47,55,56)/t25-,26+,32?,41?/m1/s1. The van der Waals surface area contributed by atoms with E-state index < -0.39 is 47.4 Å². The topological polar surface area (TPSA) is 227 Å². The highest BCUT2D eigenvalue weighted by Gasteiger charge is 2.45. The molecule has 3 fully saturated rings. The van der Waals surface area contributed by atoms with E-state index in [9.17, 15) is 33.6 Å². The lowest BCUT2D eigenvalue weighted by Crippen LogP contribution is -2.54. The van der Waals surface area contributed by atoms with Gasteiger partial charge in [-0.1, -0.05) is 11.6 Å². The molecular formula is C42H45ClN10O10. The number of hydrogen-bond acceptors (Lipinski definition) is 16. The number of ether oxygens (including phenoxy) is 3. The Bertz CT molecular complexity index is 2560. The third kappa shape index (κ3) is 8.60. The number of benzene rings is 2. The first-order chi connectivity index (χ1) is 30.4. The van der Waals surface area contributed by atoms with Crippen LogP contribution in [0.4, 0.5) is 17.5 Å². The van der Waals surface area contributed by atoms with Gasteiger partial charge in [-0.15, -0.1) is 0 Å². The molecule has 4 atom stereocenters. The van der Waals surface area contributed by atoms with Crippen LogP contribution in [-0.2, 0) is 30.5 Å². The Balaban J connectivity index is 0.872. The van der Waals surface area contributed by atoms with E-state index in [-0.39, 0.29) is 48.3 Å². The number of amides is 5. The van der Waals surface area contributed by atoms with Crippen molar-refractivity contribution < 1.29 is 43.0 Å². The number of likely N-dealkylation sites (tertiary alicyclic amines) is 1. The first-order valence-electron chi connectivity index (χ1n) is 20.5. The van der Waals surface area contributed by atoms with Gasteiger partial charge in [0, 0.05) is 75.9 Å². The number of piperidine rings is 1. The molecule has 0 aliphatic carbocycles. The second-order valence-corrected chi connectivity index (χ2v) is 16.0. The number of fused-ring (bicyclic) bond motifs is 2. The van der Waals surface area contributed by atoms with E-state index in [0.29, 0.717) is 65.4 Å². The number of nitrogens with one attached hydrogen (secondary N) is 3. The number of carbonyl (C=O) groups is 6. The van der Waals surface area contributed by atoms with Gasteiger partial charge in [0.05, 0.1) is 22.8 Å². The van der Waals surface area contributed by atoms with Gasteiger partial charge in [0.15, 0.2) is 11.6 Å². The molecule has 2 aromatic carbocycles. The molecule has 2 unspecified atom stereocenters. The van der Waals surface area contributed by atoms with E-state index in [4.69, 9.17) is 30.8 Å². The minimum atomic E-state index is -1.65. The van der Waals surface area contributed by atoms with Crippen molar-refractivity contribution in [3.05, 3.63) is 75.2 Å². The van der Waals surface area contributed by atoms with E-state index in [1.165, 1.54) is 17.7 Å². The second kappa shape index (κ2) is 18.0. The Hall–Kier alpha value is -6.64. The molecule has 4 aliphatic heterocycles. The summed E-state index contributed by atoms with van der Waals surface area (Å²) in [4.78, 5) is 104. The van der Waals surface area contributed by atoms with Crippen LogP contribution < -0.4 is 35.9 Å².